The van der Waals surface area contributed by atoms with Crippen molar-refractivity contribution in [1.29, 1.82) is 0 Å². The number of aliphatic hydroxyl groups is 1. The van der Waals surface area contributed by atoms with Gasteiger partial charge in [0.2, 0.25) is 5.91 Å². The Hall–Kier alpha value is -2.74. The van der Waals surface area contributed by atoms with Crippen LogP contribution in [0.15, 0.2) is 30.6 Å². The molecule has 1 saturated heterocycles. The number of carbonyl (C=O) groups is 2. The summed E-state index contributed by atoms with van der Waals surface area (Å²) in [5.41, 5.74) is 1.48. The fourth-order valence-corrected chi connectivity index (χ4v) is 3.18. The van der Waals surface area contributed by atoms with Gasteiger partial charge in [-0.25, -0.2) is 0 Å². The number of hydrogen-bond donors (Lipinski definition) is 3. The van der Waals surface area contributed by atoms with Gasteiger partial charge in [-0.15, -0.1) is 0 Å². The molecule has 1 aliphatic heterocycles. The highest BCUT2D eigenvalue weighted by Crippen LogP contribution is 2.30. The van der Waals surface area contributed by atoms with E-state index in [2.05, 4.69) is 15.3 Å². The lowest BCUT2D eigenvalue weighted by atomic mass is 10.0. The smallest absolute Gasteiger partial charge is 0.303 e. The van der Waals surface area contributed by atoms with E-state index in [1.54, 1.807) is 12.4 Å². The molecule has 3 N–H and O–H groups in total. The largest absolute Gasteiger partial charge is 0.481 e. The normalized spacial score (nSPS) is 19.7. The molecule has 26 heavy (non-hydrogen) atoms. The second-order valence-corrected chi connectivity index (χ2v) is 6.62. The Kier molecular flexibility index (Phi) is 5.32. The van der Waals surface area contributed by atoms with Crippen LogP contribution in [0.4, 0.5) is 5.69 Å². The number of fused-ring (bicyclic) bond motifs is 1. The van der Waals surface area contributed by atoms with Crippen LogP contribution in [-0.4, -0.2) is 57.3 Å². The summed E-state index contributed by atoms with van der Waals surface area (Å²) in [4.78, 5) is 33.0. The van der Waals surface area contributed by atoms with E-state index in [1.165, 1.54) is 0 Å². The van der Waals surface area contributed by atoms with E-state index in [-0.39, 0.29) is 25.3 Å². The van der Waals surface area contributed by atoms with Crippen molar-refractivity contribution in [3.63, 3.8) is 0 Å². The minimum atomic E-state index is -1.02. The van der Waals surface area contributed by atoms with Crippen LogP contribution in [0.5, 0.6) is 0 Å². The van der Waals surface area contributed by atoms with Crippen LogP contribution >= 0.6 is 0 Å². The van der Waals surface area contributed by atoms with Crippen molar-refractivity contribution in [1.82, 2.24) is 15.3 Å². The van der Waals surface area contributed by atoms with Crippen molar-refractivity contribution in [2.24, 2.45) is 0 Å². The molecule has 138 valence electrons. The van der Waals surface area contributed by atoms with Crippen molar-refractivity contribution < 1.29 is 19.8 Å². The lowest BCUT2D eigenvalue weighted by Gasteiger charge is -2.25. The van der Waals surface area contributed by atoms with Crippen LogP contribution in [0.3, 0.4) is 0 Å². The summed E-state index contributed by atoms with van der Waals surface area (Å²) in [7, 11) is 0. The number of carboxylic acid groups (broad SMARTS) is 1. The zero-order valence-electron chi connectivity index (χ0n) is 14.4. The van der Waals surface area contributed by atoms with E-state index in [4.69, 9.17) is 5.11 Å². The first-order chi connectivity index (χ1) is 12.5. The number of pyridine rings is 2. The molecule has 8 heteroatoms. The number of anilines is 1. The fourth-order valence-electron chi connectivity index (χ4n) is 3.18. The molecular weight excluding hydrogens is 336 g/mol. The standard InChI is InChI=1S/C18H22N4O4/c23-15(4-1-5-16(24)25)21-11-18(26)7-10-22(12-18)14-6-9-19-13-3-2-8-20-17(13)14/h2-3,6,8-9,26H,1,4-5,7,10-12H2,(H,21,23)(H,24,25)/t18-/m0/s1. The number of nitrogens with zero attached hydrogens (tertiary/aromatic N) is 3. The van der Waals surface area contributed by atoms with Crippen molar-refractivity contribution >= 4 is 28.6 Å². The number of hydrogen-bond acceptors (Lipinski definition) is 6. The second-order valence-electron chi connectivity index (χ2n) is 6.62. The summed E-state index contributed by atoms with van der Waals surface area (Å²) in [5, 5.41) is 22.1. The molecule has 0 aromatic carbocycles. The van der Waals surface area contributed by atoms with E-state index in [0.29, 0.717) is 25.9 Å². The third kappa shape index (κ3) is 4.26. The molecular formula is C18H22N4O4. The molecule has 2 aromatic rings. The highest BCUT2D eigenvalue weighted by Gasteiger charge is 2.37. The molecule has 3 rings (SSSR count). The van der Waals surface area contributed by atoms with Gasteiger partial charge in [-0.05, 0) is 31.0 Å². The van der Waals surface area contributed by atoms with Gasteiger partial charge >= 0.3 is 5.97 Å². The molecule has 0 radical (unpaired) electrons. The molecule has 1 atom stereocenters. The zero-order valence-corrected chi connectivity index (χ0v) is 14.4. The number of amides is 1. The van der Waals surface area contributed by atoms with Gasteiger partial charge in [0, 0.05) is 44.9 Å². The first-order valence-corrected chi connectivity index (χ1v) is 8.62. The van der Waals surface area contributed by atoms with E-state index in [1.807, 2.05) is 23.1 Å². The molecule has 1 fully saturated rings. The average Bonchev–Trinajstić information content (AvgIpc) is 3.02. The number of rotatable bonds is 7. The Labute approximate surface area is 150 Å². The Morgan fingerprint density at radius 3 is 2.88 bits per heavy atom. The van der Waals surface area contributed by atoms with Crippen LogP contribution < -0.4 is 10.2 Å². The van der Waals surface area contributed by atoms with Crippen molar-refractivity contribution in [2.75, 3.05) is 24.5 Å². The van der Waals surface area contributed by atoms with E-state index < -0.39 is 11.6 Å². The van der Waals surface area contributed by atoms with Crippen LogP contribution in [0, 0.1) is 0 Å². The van der Waals surface area contributed by atoms with E-state index >= 15 is 0 Å². The first kappa shape index (κ1) is 18.1. The number of carbonyl (C=O) groups excluding carboxylic acids is 1. The van der Waals surface area contributed by atoms with Crippen LogP contribution in [0.25, 0.3) is 11.0 Å². The maximum absolute atomic E-state index is 11.8. The zero-order chi connectivity index (χ0) is 18.6. The predicted molar refractivity (Wildman–Crippen MR) is 95.8 cm³/mol. The van der Waals surface area contributed by atoms with Gasteiger partial charge in [-0.1, -0.05) is 0 Å². The molecule has 3 heterocycles. The topological polar surface area (TPSA) is 116 Å². The van der Waals surface area contributed by atoms with Crippen LogP contribution in [0.2, 0.25) is 0 Å². The molecule has 0 bridgehead atoms. The Morgan fingerprint density at radius 1 is 1.23 bits per heavy atom. The fraction of sp³-hybridized carbons (Fsp3) is 0.444. The summed E-state index contributed by atoms with van der Waals surface area (Å²) in [6.45, 7) is 1.19. The number of aromatic nitrogens is 2. The maximum atomic E-state index is 11.8. The van der Waals surface area contributed by atoms with Gasteiger partial charge < -0.3 is 20.4 Å². The molecule has 0 saturated carbocycles. The van der Waals surface area contributed by atoms with Gasteiger partial charge in [0.15, 0.2) is 0 Å². The number of β-amino-alcohol motifs (C(OH)–C–C–N with tert-alkyl or cyclic N) is 1. The minimum Gasteiger partial charge on any atom is -0.481 e. The van der Waals surface area contributed by atoms with Crippen LogP contribution in [-0.2, 0) is 9.59 Å². The summed E-state index contributed by atoms with van der Waals surface area (Å²) >= 11 is 0. The monoisotopic (exact) mass is 358 g/mol. The second kappa shape index (κ2) is 7.65. The number of aliphatic carboxylic acids is 1. The van der Waals surface area contributed by atoms with Crippen molar-refractivity contribution in [3.05, 3.63) is 30.6 Å². The van der Waals surface area contributed by atoms with Gasteiger partial charge in [-0.3, -0.25) is 19.6 Å². The molecule has 1 aliphatic rings. The average molecular weight is 358 g/mol. The highest BCUT2D eigenvalue weighted by atomic mass is 16.4. The molecule has 0 spiro atoms. The third-order valence-electron chi connectivity index (χ3n) is 4.56. The van der Waals surface area contributed by atoms with Crippen LogP contribution in [0.1, 0.15) is 25.7 Å². The Bertz CT molecular complexity index is 807. The van der Waals surface area contributed by atoms with Gasteiger partial charge in [0.05, 0.1) is 11.2 Å². The number of carboxylic acids is 1. The molecule has 0 unspecified atom stereocenters. The predicted octanol–water partition coefficient (Wildman–Crippen LogP) is 0.942. The highest BCUT2D eigenvalue weighted by molar-refractivity contribution is 5.87. The lowest BCUT2D eigenvalue weighted by molar-refractivity contribution is -0.137. The van der Waals surface area contributed by atoms with Gasteiger partial charge in [0.25, 0.3) is 0 Å². The maximum Gasteiger partial charge on any atom is 0.303 e. The summed E-state index contributed by atoms with van der Waals surface area (Å²) in [5.74, 6) is -1.16. The van der Waals surface area contributed by atoms with E-state index in [0.717, 1.165) is 16.7 Å². The summed E-state index contributed by atoms with van der Waals surface area (Å²) in [6, 6.07) is 5.61. The Balaban J connectivity index is 1.58. The van der Waals surface area contributed by atoms with Gasteiger partial charge in [-0.2, -0.15) is 0 Å². The van der Waals surface area contributed by atoms with Crippen molar-refractivity contribution in [2.45, 2.75) is 31.3 Å². The SMILES string of the molecule is O=C(O)CCCC(=O)NC[C@@]1(O)CCN(c2ccnc3cccnc23)C1. The van der Waals surface area contributed by atoms with E-state index in [9.17, 15) is 14.7 Å². The molecule has 2 aromatic heterocycles. The summed E-state index contributed by atoms with van der Waals surface area (Å²) in [6.07, 6.45) is 4.37. The Morgan fingerprint density at radius 2 is 2.08 bits per heavy atom. The third-order valence-corrected chi connectivity index (χ3v) is 4.56. The van der Waals surface area contributed by atoms with Crippen molar-refractivity contribution in [3.8, 4) is 0 Å². The minimum absolute atomic E-state index is 0.0341. The summed E-state index contributed by atoms with van der Waals surface area (Å²) < 4.78 is 0. The molecule has 1 amide bonds. The van der Waals surface area contributed by atoms with Gasteiger partial charge in [0.1, 0.15) is 11.1 Å². The lowest BCUT2D eigenvalue weighted by Crippen LogP contribution is -2.45. The molecule has 0 aliphatic carbocycles. The first-order valence-electron chi connectivity index (χ1n) is 8.62. The quantitative estimate of drug-likeness (QED) is 0.674. The molecule has 8 nitrogen and oxygen atoms in total. The number of nitrogens with one attached hydrogen (secondary N) is 1.